The lowest BCUT2D eigenvalue weighted by molar-refractivity contribution is 0.280. The lowest BCUT2D eigenvalue weighted by Gasteiger charge is -2.08. The van der Waals surface area contributed by atoms with Crippen molar-refractivity contribution in [1.82, 2.24) is 9.88 Å². The maximum Gasteiger partial charge on any atom is 0.0489 e. The van der Waals surface area contributed by atoms with Crippen LogP contribution < -0.4 is 5.32 Å². The average Bonchev–Trinajstić information content (AvgIpc) is 3.00. The molecule has 0 aliphatic carbocycles. The van der Waals surface area contributed by atoms with Crippen LogP contribution in [-0.4, -0.2) is 36.6 Å². The normalized spacial score (nSPS) is 11.6. The van der Waals surface area contributed by atoms with E-state index in [0.717, 1.165) is 30.6 Å². The largest absolute Gasteiger partial charge is 0.396 e. The summed E-state index contributed by atoms with van der Waals surface area (Å²) in [7, 11) is 3.73. The minimum atomic E-state index is 0.199. The molecular weight excluding hydrogens is 310 g/mol. The van der Waals surface area contributed by atoms with Gasteiger partial charge in [0.25, 0.3) is 0 Å². The number of nitrogens with one attached hydrogen (secondary N) is 1. The minimum absolute atomic E-state index is 0.199. The van der Waals surface area contributed by atoms with Crippen LogP contribution in [0, 0.1) is 0 Å². The van der Waals surface area contributed by atoms with E-state index in [9.17, 15) is 0 Å². The molecule has 0 radical (unpaired) electrons. The summed E-state index contributed by atoms with van der Waals surface area (Å²) in [5.41, 5.74) is 4.63. The van der Waals surface area contributed by atoms with Crippen LogP contribution in [0.4, 0.5) is 0 Å². The Bertz CT molecular complexity index is 726. The molecule has 0 spiro atoms. The number of hydrogen-bond donors (Lipinski definition) is 2. The molecule has 136 valence electrons. The first-order valence-electron chi connectivity index (χ1n) is 8.88. The first kappa shape index (κ1) is 20.9. The molecule has 1 aromatic heterocycles. The van der Waals surface area contributed by atoms with E-state index >= 15 is 0 Å². The summed E-state index contributed by atoms with van der Waals surface area (Å²) in [5, 5.41) is 13.6. The highest BCUT2D eigenvalue weighted by Crippen LogP contribution is 2.30. The second kappa shape index (κ2) is 11.4. The Kier molecular flexibility index (Phi) is 9.51. The highest BCUT2D eigenvalue weighted by Gasteiger charge is 2.13. The summed E-state index contributed by atoms with van der Waals surface area (Å²) in [6, 6.07) is 6.32. The maximum absolute atomic E-state index is 9.13. The first-order valence-corrected chi connectivity index (χ1v) is 8.88. The van der Waals surface area contributed by atoms with Gasteiger partial charge in [-0.2, -0.15) is 0 Å². The predicted molar refractivity (Wildman–Crippen MR) is 110 cm³/mol. The number of aliphatic hydroxyl groups excluding tert-OH is 1. The van der Waals surface area contributed by atoms with Crippen LogP contribution in [0.15, 0.2) is 48.1 Å². The zero-order valence-corrected chi connectivity index (χ0v) is 15.9. The second-order valence-corrected chi connectivity index (χ2v) is 5.40. The van der Waals surface area contributed by atoms with Gasteiger partial charge < -0.3 is 15.0 Å². The quantitative estimate of drug-likeness (QED) is 0.562. The van der Waals surface area contributed by atoms with Crippen molar-refractivity contribution in [2.45, 2.75) is 33.4 Å². The summed E-state index contributed by atoms with van der Waals surface area (Å²) in [6.07, 6.45) is 8.56. The van der Waals surface area contributed by atoms with Crippen LogP contribution in [0.1, 0.15) is 31.4 Å². The van der Waals surface area contributed by atoms with E-state index in [2.05, 4.69) is 45.9 Å². The smallest absolute Gasteiger partial charge is 0.0489 e. The van der Waals surface area contributed by atoms with Crippen molar-refractivity contribution in [1.29, 1.82) is 0 Å². The number of rotatable bonds is 8. The van der Waals surface area contributed by atoms with Gasteiger partial charge in [0.05, 0.1) is 0 Å². The molecular formula is C21H31N3O. The molecule has 0 amide bonds. The summed E-state index contributed by atoms with van der Waals surface area (Å²) < 4.78 is 2.22. The molecule has 1 aromatic carbocycles. The number of aliphatic imine (C=N–C) groups is 1. The monoisotopic (exact) mass is 341 g/mol. The van der Waals surface area contributed by atoms with Crippen molar-refractivity contribution >= 4 is 22.7 Å². The van der Waals surface area contributed by atoms with E-state index in [1.807, 2.05) is 33.2 Å². The van der Waals surface area contributed by atoms with Gasteiger partial charge in [-0.15, -0.1) is 0 Å². The van der Waals surface area contributed by atoms with Gasteiger partial charge in [-0.25, -0.2) is 0 Å². The number of aliphatic hydroxyl groups is 1. The summed E-state index contributed by atoms with van der Waals surface area (Å²) in [4.78, 5) is 4.17. The third-order valence-corrected chi connectivity index (χ3v) is 3.79. The fraction of sp³-hybridized carbons (Fsp3) is 0.381. The molecule has 0 bridgehead atoms. The number of aromatic nitrogens is 1. The van der Waals surface area contributed by atoms with E-state index in [0.29, 0.717) is 0 Å². The Morgan fingerprint density at radius 3 is 2.72 bits per heavy atom. The molecule has 25 heavy (non-hydrogen) atoms. The second-order valence-electron chi connectivity index (χ2n) is 5.40. The lowest BCUT2D eigenvalue weighted by atomic mass is 9.99. The van der Waals surface area contributed by atoms with E-state index < -0.39 is 0 Å². The lowest BCUT2D eigenvalue weighted by Crippen LogP contribution is -2.05. The van der Waals surface area contributed by atoms with Crippen LogP contribution in [0.25, 0.3) is 16.5 Å². The standard InChI is InChI=1S/C19H25N3O.C2H6/c1-4-7-15(12-20-2)17-8-5-9-18-19(17)16(13-21-3)14-22(18)10-6-11-23;1-2/h4-5,7-9,12,14,21,23H,1,6,10-11,13H2,2-3H3;1-2H3/b15-7+,20-12?;. The Morgan fingerprint density at radius 1 is 1.36 bits per heavy atom. The van der Waals surface area contributed by atoms with Gasteiger partial charge in [-0.3, -0.25) is 4.99 Å². The van der Waals surface area contributed by atoms with Crippen LogP contribution in [0.3, 0.4) is 0 Å². The SMILES string of the molecule is C=C/C=C(\C=NC)c1cccc2c1c(CNC)cn2CCCO.CC. The number of benzene rings is 1. The van der Waals surface area contributed by atoms with Gasteiger partial charge >= 0.3 is 0 Å². The molecule has 1 heterocycles. The molecule has 4 nitrogen and oxygen atoms in total. The molecule has 2 aromatic rings. The van der Waals surface area contributed by atoms with E-state index in [1.165, 1.54) is 16.5 Å². The van der Waals surface area contributed by atoms with E-state index in [4.69, 9.17) is 5.11 Å². The molecule has 0 atom stereocenters. The molecule has 0 aliphatic heterocycles. The van der Waals surface area contributed by atoms with Crippen molar-refractivity contribution in [3.8, 4) is 0 Å². The fourth-order valence-electron chi connectivity index (χ4n) is 2.90. The Labute approximate surface area is 151 Å². The topological polar surface area (TPSA) is 49.5 Å². The molecule has 0 saturated carbocycles. The van der Waals surface area contributed by atoms with Crippen molar-refractivity contribution in [3.05, 3.63) is 54.3 Å². The van der Waals surface area contributed by atoms with Gasteiger partial charge in [0.1, 0.15) is 0 Å². The van der Waals surface area contributed by atoms with E-state index in [-0.39, 0.29) is 6.61 Å². The van der Waals surface area contributed by atoms with Crippen molar-refractivity contribution in [2.75, 3.05) is 20.7 Å². The summed E-state index contributed by atoms with van der Waals surface area (Å²) in [5.74, 6) is 0. The highest BCUT2D eigenvalue weighted by molar-refractivity contribution is 6.15. The Morgan fingerprint density at radius 2 is 2.12 bits per heavy atom. The predicted octanol–water partition coefficient (Wildman–Crippen LogP) is 4.04. The summed E-state index contributed by atoms with van der Waals surface area (Å²) >= 11 is 0. The Balaban J connectivity index is 0.00000151. The highest BCUT2D eigenvalue weighted by atomic mass is 16.3. The fourth-order valence-corrected chi connectivity index (χ4v) is 2.90. The zero-order valence-electron chi connectivity index (χ0n) is 15.9. The van der Waals surface area contributed by atoms with Crippen molar-refractivity contribution in [3.63, 3.8) is 0 Å². The number of nitrogens with zero attached hydrogens (tertiary/aromatic N) is 2. The third kappa shape index (κ3) is 5.15. The first-order chi connectivity index (χ1) is 12.3. The molecule has 0 fully saturated rings. The van der Waals surface area contributed by atoms with Gasteiger partial charge in [0, 0.05) is 55.6 Å². The maximum atomic E-state index is 9.13. The molecule has 4 heteroatoms. The molecule has 0 unspecified atom stereocenters. The molecule has 2 rings (SSSR count). The summed E-state index contributed by atoms with van der Waals surface area (Å²) in [6.45, 7) is 9.61. The number of allylic oxidation sites excluding steroid dienone is 3. The van der Waals surface area contributed by atoms with Crippen molar-refractivity contribution in [2.24, 2.45) is 4.99 Å². The number of fused-ring (bicyclic) bond motifs is 1. The van der Waals surface area contributed by atoms with Gasteiger partial charge in [-0.05, 0) is 30.7 Å². The van der Waals surface area contributed by atoms with Crippen LogP contribution in [0.5, 0.6) is 0 Å². The van der Waals surface area contributed by atoms with Crippen LogP contribution in [0.2, 0.25) is 0 Å². The molecule has 0 saturated heterocycles. The van der Waals surface area contributed by atoms with Crippen molar-refractivity contribution < 1.29 is 5.11 Å². The minimum Gasteiger partial charge on any atom is -0.396 e. The number of aryl methyl sites for hydroxylation is 1. The molecule has 2 N–H and O–H groups in total. The van der Waals surface area contributed by atoms with Gasteiger partial charge in [0.15, 0.2) is 0 Å². The third-order valence-electron chi connectivity index (χ3n) is 3.79. The van der Waals surface area contributed by atoms with E-state index in [1.54, 1.807) is 13.1 Å². The number of hydrogen-bond acceptors (Lipinski definition) is 3. The van der Waals surface area contributed by atoms with Gasteiger partial charge in [-0.1, -0.05) is 44.7 Å². The van der Waals surface area contributed by atoms with Crippen LogP contribution in [-0.2, 0) is 13.1 Å². The Hall–Kier alpha value is -2.17. The van der Waals surface area contributed by atoms with Crippen LogP contribution >= 0.6 is 0 Å². The average molecular weight is 341 g/mol. The molecule has 0 aliphatic rings. The van der Waals surface area contributed by atoms with Gasteiger partial charge in [0.2, 0.25) is 0 Å². The zero-order chi connectivity index (χ0) is 18.7.